The lowest BCUT2D eigenvalue weighted by molar-refractivity contribution is -0.139. The zero-order valence-electron chi connectivity index (χ0n) is 19.1. The number of hydrogen-bond donors (Lipinski definition) is 0. The van der Waals surface area contributed by atoms with Crippen molar-refractivity contribution in [3.8, 4) is 11.5 Å². The molecule has 9 heteroatoms. The molecule has 2 heterocycles. The molecule has 4 rings (SSSR count). The highest BCUT2D eigenvalue weighted by molar-refractivity contribution is 7.07. The highest BCUT2D eigenvalue weighted by Gasteiger charge is 2.33. The van der Waals surface area contributed by atoms with E-state index in [1.807, 2.05) is 0 Å². The Labute approximate surface area is 205 Å². The SMILES string of the molecule is CCOC(=O)C1=C(C)N=c2s/c(=C\c3cc(OC)ccc3OC)c(=O)n2[C@@H]1c1ccc(Cl)cc1. The highest BCUT2D eigenvalue weighted by Crippen LogP contribution is 2.31. The van der Waals surface area contributed by atoms with Crippen molar-refractivity contribution in [2.75, 3.05) is 20.8 Å². The van der Waals surface area contributed by atoms with Gasteiger partial charge in [0.2, 0.25) is 0 Å². The van der Waals surface area contributed by atoms with Crippen molar-refractivity contribution in [1.29, 1.82) is 0 Å². The van der Waals surface area contributed by atoms with Crippen LogP contribution in [0.3, 0.4) is 0 Å². The van der Waals surface area contributed by atoms with Crippen LogP contribution in [0.25, 0.3) is 6.08 Å². The van der Waals surface area contributed by atoms with Gasteiger partial charge in [0, 0.05) is 10.6 Å². The molecule has 0 aliphatic carbocycles. The van der Waals surface area contributed by atoms with E-state index >= 15 is 0 Å². The van der Waals surface area contributed by atoms with Crippen LogP contribution >= 0.6 is 22.9 Å². The summed E-state index contributed by atoms with van der Waals surface area (Å²) in [6.07, 6.45) is 1.74. The number of benzene rings is 2. The standard InChI is InChI=1S/C25H23ClN2O5S/c1-5-33-24(30)21-14(2)27-25-28(22(21)15-6-8-17(26)9-7-15)23(29)20(34-25)13-16-12-18(31-3)10-11-19(16)32-4/h6-13,22H,5H2,1-4H3/b20-13-/t22-/m1/s1. The van der Waals surface area contributed by atoms with Crippen molar-refractivity contribution >= 4 is 35.0 Å². The minimum absolute atomic E-state index is 0.211. The van der Waals surface area contributed by atoms with Gasteiger partial charge in [-0.15, -0.1) is 0 Å². The second-order valence-electron chi connectivity index (χ2n) is 7.46. The van der Waals surface area contributed by atoms with Crippen LogP contribution < -0.4 is 24.4 Å². The molecule has 1 aromatic heterocycles. The zero-order valence-corrected chi connectivity index (χ0v) is 20.7. The molecule has 1 aliphatic rings. The summed E-state index contributed by atoms with van der Waals surface area (Å²) in [6.45, 7) is 3.70. The Morgan fingerprint density at radius 1 is 1.18 bits per heavy atom. The second kappa shape index (κ2) is 9.87. The molecule has 1 aliphatic heterocycles. The summed E-state index contributed by atoms with van der Waals surface area (Å²) in [5.41, 5.74) is 1.97. The van der Waals surface area contributed by atoms with E-state index < -0.39 is 12.0 Å². The van der Waals surface area contributed by atoms with Gasteiger partial charge < -0.3 is 14.2 Å². The number of fused-ring (bicyclic) bond motifs is 1. The van der Waals surface area contributed by atoms with Gasteiger partial charge in [0.1, 0.15) is 11.5 Å². The smallest absolute Gasteiger partial charge is 0.338 e. The number of ether oxygens (including phenoxy) is 3. The summed E-state index contributed by atoms with van der Waals surface area (Å²) in [4.78, 5) is 31.7. The predicted molar refractivity (Wildman–Crippen MR) is 131 cm³/mol. The average molecular weight is 499 g/mol. The fourth-order valence-corrected chi connectivity index (χ4v) is 5.01. The van der Waals surface area contributed by atoms with Gasteiger partial charge in [-0.2, -0.15) is 0 Å². The van der Waals surface area contributed by atoms with Crippen LogP contribution in [0.2, 0.25) is 5.02 Å². The van der Waals surface area contributed by atoms with Gasteiger partial charge in [-0.05, 0) is 55.8 Å². The number of nitrogens with zero attached hydrogens (tertiary/aromatic N) is 2. The molecule has 34 heavy (non-hydrogen) atoms. The molecule has 0 radical (unpaired) electrons. The molecule has 3 aromatic rings. The minimum atomic E-state index is -0.693. The molecule has 7 nitrogen and oxygen atoms in total. The topological polar surface area (TPSA) is 79.1 Å². The molecule has 0 amide bonds. The van der Waals surface area contributed by atoms with Gasteiger partial charge in [0.05, 0.1) is 42.7 Å². The molecular weight excluding hydrogens is 476 g/mol. The summed E-state index contributed by atoms with van der Waals surface area (Å²) < 4.78 is 18.1. The lowest BCUT2D eigenvalue weighted by atomic mass is 9.96. The van der Waals surface area contributed by atoms with Crippen LogP contribution in [0.5, 0.6) is 11.5 Å². The number of rotatable bonds is 6. The van der Waals surface area contributed by atoms with E-state index in [1.165, 1.54) is 15.9 Å². The first kappa shape index (κ1) is 23.8. The number of methoxy groups -OCH3 is 2. The van der Waals surface area contributed by atoms with Gasteiger partial charge >= 0.3 is 5.97 Å². The number of carbonyl (C=O) groups is 1. The Morgan fingerprint density at radius 3 is 2.56 bits per heavy atom. The van der Waals surface area contributed by atoms with Gasteiger partial charge in [0.15, 0.2) is 4.80 Å². The Hall–Kier alpha value is -3.36. The third-order valence-corrected chi connectivity index (χ3v) is 6.66. The Morgan fingerprint density at radius 2 is 1.91 bits per heavy atom. The fourth-order valence-electron chi connectivity index (χ4n) is 3.85. The van der Waals surface area contributed by atoms with Crippen molar-refractivity contribution < 1.29 is 19.0 Å². The van der Waals surface area contributed by atoms with Gasteiger partial charge in [-0.25, -0.2) is 9.79 Å². The minimum Gasteiger partial charge on any atom is -0.497 e. The Bertz CT molecular complexity index is 1450. The van der Waals surface area contributed by atoms with Crippen LogP contribution in [0.1, 0.15) is 31.0 Å². The van der Waals surface area contributed by atoms with Crippen LogP contribution in [0.4, 0.5) is 0 Å². The molecule has 0 unspecified atom stereocenters. The molecule has 0 fully saturated rings. The van der Waals surface area contributed by atoms with Gasteiger partial charge in [-0.3, -0.25) is 9.36 Å². The number of aromatic nitrogens is 1. The van der Waals surface area contributed by atoms with Crippen molar-refractivity contribution in [2.24, 2.45) is 4.99 Å². The van der Waals surface area contributed by atoms with Crippen LogP contribution in [0, 0.1) is 0 Å². The van der Waals surface area contributed by atoms with Crippen molar-refractivity contribution in [1.82, 2.24) is 4.57 Å². The van der Waals surface area contributed by atoms with Gasteiger partial charge in [-0.1, -0.05) is 35.1 Å². The van der Waals surface area contributed by atoms with E-state index in [0.29, 0.717) is 42.7 Å². The second-order valence-corrected chi connectivity index (χ2v) is 8.91. The molecule has 0 spiro atoms. The third-order valence-electron chi connectivity index (χ3n) is 5.43. The molecule has 1 atom stereocenters. The lowest BCUT2D eigenvalue weighted by Gasteiger charge is -2.24. The van der Waals surface area contributed by atoms with E-state index in [-0.39, 0.29) is 12.2 Å². The summed E-state index contributed by atoms with van der Waals surface area (Å²) in [5, 5.41) is 0.555. The van der Waals surface area contributed by atoms with Gasteiger partial charge in [0.25, 0.3) is 5.56 Å². The molecule has 0 bridgehead atoms. The summed E-state index contributed by atoms with van der Waals surface area (Å²) >= 11 is 7.33. The Kier molecular flexibility index (Phi) is 6.90. The normalized spacial score (nSPS) is 15.6. The summed E-state index contributed by atoms with van der Waals surface area (Å²) in [7, 11) is 3.14. The first-order valence-corrected chi connectivity index (χ1v) is 11.7. The Balaban J connectivity index is 1.96. The number of hydrogen-bond acceptors (Lipinski definition) is 7. The maximum atomic E-state index is 13.7. The predicted octanol–water partition coefficient (Wildman–Crippen LogP) is 3.47. The summed E-state index contributed by atoms with van der Waals surface area (Å²) in [6, 6.07) is 11.7. The quantitative estimate of drug-likeness (QED) is 0.486. The number of halogens is 1. The van der Waals surface area contributed by atoms with Crippen molar-refractivity contribution in [2.45, 2.75) is 19.9 Å². The fraction of sp³-hybridized carbons (Fsp3) is 0.240. The largest absolute Gasteiger partial charge is 0.497 e. The first-order chi connectivity index (χ1) is 16.4. The first-order valence-electron chi connectivity index (χ1n) is 10.5. The number of thiazole rings is 1. The summed E-state index contributed by atoms with van der Waals surface area (Å²) in [5.74, 6) is 0.732. The van der Waals surface area contributed by atoms with E-state index in [9.17, 15) is 9.59 Å². The molecule has 0 saturated heterocycles. The van der Waals surface area contributed by atoms with Crippen LogP contribution in [0.15, 0.2) is 63.5 Å². The van der Waals surface area contributed by atoms with E-state index in [0.717, 1.165) is 5.56 Å². The maximum Gasteiger partial charge on any atom is 0.338 e. The molecule has 0 N–H and O–H groups in total. The number of allylic oxidation sites excluding steroid dienone is 1. The van der Waals surface area contributed by atoms with E-state index in [1.54, 1.807) is 76.6 Å². The van der Waals surface area contributed by atoms with E-state index in [2.05, 4.69) is 4.99 Å². The van der Waals surface area contributed by atoms with Crippen molar-refractivity contribution in [3.05, 3.63) is 89.6 Å². The highest BCUT2D eigenvalue weighted by atomic mass is 35.5. The molecular formula is C25H23ClN2O5S. The molecule has 176 valence electrons. The zero-order chi connectivity index (χ0) is 24.4. The molecule has 0 saturated carbocycles. The van der Waals surface area contributed by atoms with E-state index in [4.69, 9.17) is 25.8 Å². The average Bonchev–Trinajstić information content (AvgIpc) is 3.13. The number of esters is 1. The van der Waals surface area contributed by atoms with Crippen molar-refractivity contribution in [3.63, 3.8) is 0 Å². The molecule has 2 aromatic carbocycles. The lowest BCUT2D eigenvalue weighted by Crippen LogP contribution is -2.39. The monoisotopic (exact) mass is 498 g/mol. The number of carbonyl (C=O) groups excluding carboxylic acids is 1. The third kappa shape index (κ3) is 4.38. The van der Waals surface area contributed by atoms with Crippen LogP contribution in [-0.2, 0) is 9.53 Å². The van der Waals surface area contributed by atoms with Crippen LogP contribution in [-0.4, -0.2) is 31.4 Å². The maximum absolute atomic E-state index is 13.7.